The topological polar surface area (TPSA) is 0 Å². The molecule has 0 nitrogen and oxygen atoms in total. The molecular weight excluding hydrogens is 260 g/mol. The van der Waals surface area contributed by atoms with Gasteiger partial charge in [-0.1, -0.05) is 51.0 Å². The van der Waals surface area contributed by atoms with Gasteiger partial charge >= 0.3 is 0 Å². The van der Waals surface area contributed by atoms with Gasteiger partial charge in [-0.05, 0) is 11.4 Å². The zero-order valence-electron chi connectivity index (χ0n) is 6.08. The molecule has 0 aliphatic rings. The highest BCUT2D eigenvalue weighted by Crippen LogP contribution is 2.14. The van der Waals surface area contributed by atoms with E-state index in [9.17, 15) is 0 Å². The summed E-state index contributed by atoms with van der Waals surface area (Å²) < 4.78 is 0. The summed E-state index contributed by atoms with van der Waals surface area (Å²) in [6.07, 6.45) is 1.34. The Balaban J connectivity index is 3.33. The van der Waals surface area contributed by atoms with Gasteiger partial charge in [-0.2, -0.15) is 0 Å². The van der Waals surface area contributed by atoms with E-state index in [1.807, 2.05) is 0 Å². The smallest absolute Gasteiger partial charge is 0.0587 e. The number of hydrogen-bond donors (Lipinski definition) is 0. The second kappa shape index (κ2) is 4.91. The van der Waals surface area contributed by atoms with Crippen molar-refractivity contribution in [2.24, 2.45) is 0 Å². The van der Waals surface area contributed by atoms with Gasteiger partial charge in [0, 0.05) is 5.33 Å². The zero-order valence-corrected chi connectivity index (χ0v) is 10.3. The van der Waals surface area contributed by atoms with Crippen LogP contribution in [-0.2, 0) is 0 Å². The molecule has 0 heterocycles. The van der Waals surface area contributed by atoms with Crippen molar-refractivity contribution in [3.8, 4) is 0 Å². The van der Waals surface area contributed by atoms with Gasteiger partial charge in [0.15, 0.2) is 0 Å². The van der Waals surface area contributed by atoms with Crippen LogP contribution in [0.15, 0.2) is 0 Å². The molecule has 56 valence electrons. The summed E-state index contributed by atoms with van der Waals surface area (Å²) in [7, 11) is -0.812. The first kappa shape index (κ1) is 10.2. The van der Waals surface area contributed by atoms with Crippen molar-refractivity contribution < 1.29 is 0 Å². The average molecular weight is 274 g/mol. The monoisotopic (exact) mass is 272 g/mol. The first-order valence-corrected chi connectivity index (χ1v) is 8.90. The maximum Gasteiger partial charge on any atom is 0.0587 e. The third-order valence-corrected chi connectivity index (χ3v) is 8.89. The third kappa shape index (κ3) is 5.61. The van der Waals surface area contributed by atoms with Gasteiger partial charge in [0.2, 0.25) is 0 Å². The van der Waals surface area contributed by atoms with Crippen LogP contribution in [0.4, 0.5) is 0 Å². The first-order chi connectivity index (χ1) is 4.12. The third-order valence-electron chi connectivity index (χ3n) is 1.35. The summed E-state index contributed by atoms with van der Waals surface area (Å²) in [5, 5.41) is 1.16. The van der Waals surface area contributed by atoms with E-state index in [-0.39, 0.29) is 0 Å². The molecule has 0 spiro atoms. The van der Waals surface area contributed by atoms with Gasteiger partial charge < -0.3 is 0 Å². The highest BCUT2D eigenvalue weighted by Gasteiger charge is 2.17. The molecule has 0 rings (SSSR count). The van der Waals surface area contributed by atoms with Gasteiger partial charge in [0.1, 0.15) is 0 Å². The molecule has 0 N–H and O–H groups in total. The van der Waals surface area contributed by atoms with Crippen LogP contribution < -0.4 is 0 Å². The van der Waals surface area contributed by atoms with Crippen LogP contribution >= 0.6 is 31.9 Å². The van der Waals surface area contributed by atoms with E-state index < -0.39 is 8.07 Å². The quantitative estimate of drug-likeness (QED) is 0.544. The normalized spacial score (nSPS) is 12.0. The van der Waals surface area contributed by atoms with E-state index in [1.165, 1.54) is 17.4 Å². The van der Waals surface area contributed by atoms with Gasteiger partial charge in [0.25, 0.3) is 0 Å². The van der Waals surface area contributed by atoms with Crippen LogP contribution in [0.3, 0.4) is 0 Å². The second-order valence-corrected chi connectivity index (χ2v) is 10.7. The Kier molecular flexibility index (Phi) is 5.55. The predicted molar refractivity (Wildman–Crippen MR) is 54.5 cm³/mol. The van der Waals surface area contributed by atoms with Crippen LogP contribution in [0.1, 0.15) is 6.42 Å². The Hall–Kier alpha value is 1.18. The molecule has 0 saturated heterocycles. The average Bonchev–Trinajstić information content (AvgIpc) is 1.84. The molecule has 0 amide bonds. The zero-order chi connectivity index (χ0) is 7.33. The molecule has 0 aliphatic heterocycles. The summed E-state index contributed by atoms with van der Waals surface area (Å²) in [4.78, 5) is 1.24. The van der Waals surface area contributed by atoms with Crippen molar-refractivity contribution in [2.75, 3.05) is 10.3 Å². The summed E-state index contributed by atoms with van der Waals surface area (Å²) in [6, 6.07) is 1.43. The van der Waals surface area contributed by atoms with E-state index in [4.69, 9.17) is 0 Å². The Labute approximate surface area is 75.7 Å². The van der Waals surface area contributed by atoms with E-state index in [0.29, 0.717) is 0 Å². The Morgan fingerprint density at radius 2 is 1.78 bits per heavy atom. The van der Waals surface area contributed by atoms with E-state index >= 15 is 0 Å². The molecule has 0 aromatic carbocycles. The largest absolute Gasteiger partial charge is 0.0962 e. The molecule has 0 aromatic rings. The van der Waals surface area contributed by atoms with Crippen LogP contribution in [0.5, 0.6) is 0 Å². The summed E-state index contributed by atoms with van der Waals surface area (Å²) in [6.45, 7) is 4.84. The minimum Gasteiger partial charge on any atom is -0.0962 e. The summed E-state index contributed by atoms with van der Waals surface area (Å²) in [5.74, 6) is 0. The highest BCUT2D eigenvalue weighted by atomic mass is 79.9. The minimum atomic E-state index is -0.812. The Bertz CT molecular complexity index is 73.5. The van der Waals surface area contributed by atoms with Crippen molar-refractivity contribution in [2.45, 2.75) is 25.6 Å². The predicted octanol–water partition coefficient (Wildman–Crippen LogP) is 3.41. The maximum atomic E-state index is 3.55. The Morgan fingerprint density at radius 3 is 2.11 bits per heavy atom. The lowest BCUT2D eigenvalue weighted by Gasteiger charge is -2.17. The fraction of sp³-hybridized carbons (Fsp3) is 1.00. The molecule has 0 fully saturated rings. The molecule has 3 heteroatoms. The fourth-order valence-corrected chi connectivity index (χ4v) is 3.52. The first-order valence-electron chi connectivity index (χ1n) is 3.24. The second-order valence-electron chi connectivity index (χ2n) is 3.09. The lowest BCUT2D eigenvalue weighted by molar-refractivity contribution is 1.07. The number of rotatable bonds is 4. The highest BCUT2D eigenvalue weighted by molar-refractivity contribution is 9.09. The van der Waals surface area contributed by atoms with Crippen LogP contribution in [-0.4, -0.2) is 18.4 Å². The van der Waals surface area contributed by atoms with Gasteiger partial charge in [-0.3, -0.25) is 0 Å². The van der Waals surface area contributed by atoms with Gasteiger partial charge in [-0.15, -0.1) is 0 Å². The fourth-order valence-electron chi connectivity index (χ4n) is 0.612. The molecule has 0 aromatic heterocycles. The van der Waals surface area contributed by atoms with Gasteiger partial charge in [0.05, 0.1) is 8.07 Å². The molecule has 0 radical (unpaired) electrons. The lowest BCUT2D eigenvalue weighted by Crippen LogP contribution is -2.27. The molecule has 0 saturated carbocycles. The van der Waals surface area contributed by atoms with Crippen LogP contribution in [0, 0.1) is 0 Å². The standard InChI is InChI=1S/C6H14Br2Si/c1-9(2,6-8)5-3-4-7/h3-6H2,1-2H3. The molecular formula is C6H14Br2Si. The minimum absolute atomic E-state index is 0.812. The maximum absolute atomic E-state index is 3.55. The van der Waals surface area contributed by atoms with Crippen LogP contribution in [0.2, 0.25) is 19.1 Å². The summed E-state index contributed by atoms with van der Waals surface area (Å²) >= 11 is 6.99. The molecule has 0 bridgehead atoms. The van der Waals surface area contributed by atoms with Crippen molar-refractivity contribution in [3.63, 3.8) is 0 Å². The van der Waals surface area contributed by atoms with Crippen molar-refractivity contribution in [3.05, 3.63) is 0 Å². The van der Waals surface area contributed by atoms with Crippen molar-refractivity contribution in [1.82, 2.24) is 0 Å². The van der Waals surface area contributed by atoms with Crippen molar-refractivity contribution >= 4 is 39.9 Å². The molecule has 0 atom stereocenters. The molecule has 9 heavy (non-hydrogen) atoms. The summed E-state index contributed by atoms with van der Waals surface area (Å²) in [5.41, 5.74) is 0. The lowest BCUT2D eigenvalue weighted by atomic mass is 10.6. The number of halogens is 2. The SMILES string of the molecule is C[Si](C)(CBr)CCCBr. The number of hydrogen-bond acceptors (Lipinski definition) is 0. The Morgan fingerprint density at radius 1 is 1.22 bits per heavy atom. The van der Waals surface area contributed by atoms with Gasteiger partial charge in [-0.25, -0.2) is 0 Å². The molecule has 0 aliphatic carbocycles. The van der Waals surface area contributed by atoms with Crippen LogP contribution in [0.25, 0.3) is 0 Å². The number of alkyl halides is 2. The van der Waals surface area contributed by atoms with E-state index in [1.54, 1.807) is 0 Å². The van der Waals surface area contributed by atoms with E-state index in [2.05, 4.69) is 45.0 Å². The molecule has 0 unspecified atom stereocenters. The van der Waals surface area contributed by atoms with Crippen molar-refractivity contribution in [1.29, 1.82) is 0 Å². The van der Waals surface area contributed by atoms with E-state index in [0.717, 1.165) is 5.33 Å².